The van der Waals surface area contributed by atoms with Gasteiger partial charge in [-0.1, -0.05) is 0 Å². The predicted octanol–water partition coefficient (Wildman–Crippen LogP) is -0.420. The third-order valence-electron chi connectivity index (χ3n) is 2.55. The van der Waals surface area contributed by atoms with E-state index in [0.29, 0.717) is 0 Å². The molecule has 0 aromatic heterocycles. The predicted molar refractivity (Wildman–Crippen MR) is 55.2 cm³/mol. The van der Waals surface area contributed by atoms with E-state index in [1.807, 2.05) is 0 Å². The Morgan fingerprint density at radius 1 is 1.32 bits per heavy atom. The van der Waals surface area contributed by atoms with Crippen molar-refractivity contribution in [2.45, 2.75) is 31.1 Å². The zero-order valence-corrected chi connectivity index (χ0v) is 9.58. The Bertz CT molecular complexity index is 379. The molecule has 0 aromatic rings. The van der Waals surface area contributed by atoms with Gasteiger partial charge in [0.15, 0.2) is 0 Å². The number of carbonyl (C=O) groups is 3. The molecule has 0 radical (unpaired) electrons. The Morgan fingerprint density at radius 2 is 1.89 bits per heavy atom. The molecule has 2 aliphatic rings. The summed E-state index contributed by atoms with van der Waals surface area (Å²) in [6.45, 7) is 0.935. The lowest BCUT2D eigenvalue weighted by Crippen LogP contribution is -2.45. The number of halogens is 3. The van der Waals surface area contributed by atoms with Gasteiger partial charge in [-0.05, 0) is 19.4 Å². The molecule has 2 fully saturated rings. The first-order chi connectivity index (χ1) is 8.71. The molecule has 7 nitrogen and oxygen atoms in total. The molecule has 0 aromatic carbocycles. The van der Waals surface area contributed by atoms with E-state index in [1.165, 1.54) is 0 Å². The van der Waals surface area contributed by atoms with Crippen LogP contribution < -0.4 is 16.0 Å². The number of hydrogen-bond acceptors (Lipinski definition) is 4. The Labute approximate surface area is 105 Å². The number of carbonyl (C=O) groups excluding carboxylic acids is 2. The van der Waals surface area contributed by atoms with Gasteiger partial charge in [0.25, 0.3) is 5.91 Å². The molecular formula is C9H12F3N3O4. The van der Waals surface area contributed by atoms with E-state index in [-0.39, 0.29) is 24.0 Å². The zero-order valence-electron chi connectivity index (χ0n) is 9.58. The van der Waals surface area contributed by atoms with Gasteiger partial charge in [-0.3, -0.25) is 10.1 Å². The van der Waals surface area contributed by atoms with E-state index in [9.17, 15) is 22.8 Å². The molecule has 3 amide bonds. The van der Waals surface area contributed by atoms with Crippen molar-refractivity contribution in [1.82, 2.24) is 16.0 Å². The molecule has 2 heterocycles. The summed E-state index contributed by atoms with van der Waals surface area (Å²) in [7, 11) is 0. The zero-order chi connectivity index (χ0) is 14.6. The van der Waals surface area contributed by atoms with E-state index in [0.717, 1.165) is 19.4 Å². The molecule has 10 heteroatoms. The van der Waals surface area contributed by atoms with E-state index in [4.69, 9.17) is 9.90 Å². The van der Waals surface area contributed by atoms with Crippen molar-refractivity contribution in [3.63, 3.8) is 0 Å². The minimum absolute atomic E-state index is 0.122. The number of rotatable bonds is 1. The normalized spacial score (nSPS) is 26.3. The maximum atomic E-state index is 11.1. The van der Waals surface area contributed by atoms with Crippen LogP contribution in [0.15, 0.2) is 0 Å². The average Bonchev–Trinajstić information content (AvgIpc) is 2.86. The van der Waals surface area contributed by atoms with Crippen molar-refractivity contribution in [3.05, 3.63) is 0 Å². The lowest BCUT2D eigenvalue weighted by Gasteiger charge is -2.14. The molecule has 4 N–H and O–H groups in total. The number of nitrogens with one attached hydrogen (secondary N) is 3. The molecule has 0 aliphatic carbocycles. The second kappa shape index (κ2) is 5.87. The van der Waals surface area contributed by atoms with Gasteiger partial charge in [-0.2, -0.15) is 13.2 Å². The van der Waals surface area contributed by atoms with Crippen LogP contribution in [0.2, 0.25) is 0 Å². The maximum Gasteiger partial charge on any atom is 0.490 e. The molecular weight excluding hydrogens is 271 g/mol. The number of carboxylic acids is 1. The molecule has 0 saturated carbocycles. The second-order valence-corrected chi connectivity index (χ2v) is 3.95. The maximum absolute atomic E-state index is 11.1. The van der Waals surface area contributed by atoms with Crippen molar-refractivity contribution in [1.29, 1.82) is 0 Å². The van der Waals surface area contributed by atoms with Crippen molar-refractivity contribution in [3.8, 4) is 0 Å². The number of imide groups is 1. The number of urea groups is 1. The molecule has 0 unspecified atom stereocenters. The van der Waals surface area contributed by atoms with Crippen molar-refractivity contribution < 1.29 is 32.7 Å². The molecule has 0 bridgehead atoms. The van der Waals surface area contributed by atoms with Crippen molar-refractivity contribution in [2.24, 2.45) is 0 Å². The number of hydrogen-bond donors (Lipinski definition) is 4. The number of alkyl halides is 3. The molecule has 2 saturated heterocycles. The van der Waals surface area contributed by atoms with Crippen LogP contribution in [0.5, 0.6) is 0 Å². The van der Waals surface area contributed by atoms with Crippen LogP contribution in [0.3, 0.4) is 0 Å². The summed E-state index contributed by atoms with van der Waals surface area (Å²) >= 11 is 0. The second-order valence-electron chi connectivity index (χ2n) is 3.95. The third-order valence-corrected chi connectivity index (χ3v) is 2.55. The smallest absolute Gasteiger partial charge is 0.475 e. The van der Waals surface area contributed by atoms with Gasteiger partial charge < -0.3 is 15.7 Å². The standard InChI is InChI=1S/C7H11N3O2.C2HF3O2/c11-6-5(9-7(12)10-6)4-2-1-3-8-4;3-2(4,5)1(6)7/h4-5,8H,1-3H2,(H2,9,10,11,12);(H,6,7)/t4-,5+;/m0./s1. The van der Waals surface area contributed by atoms with E-state index >= 15 is 0 Å². The quantitative estimate of drug-likeness (QED) is 0.489. The van der Waals surface area contributed by atoms with Crippen LogP contribution in [0.4, 0.5) is 18.0 Å². The summed E-state index contributed by atoms with van der Waals surface area (Å²) in [6, 6.07) is -0.616. The van der Waals surface area contributed by atoms with Crippen molar-refractivity contribution >= 4 is 17.9 Å². The van der Waals surface area contributed by atoms with Crippen LogP contribution in [0.1, 0.15) is 12.8 Å². The SMILES string of the molecule is O=C(O)C(F)(F)F.O=C1NC(=O)[C@@H]([C@@H]2CCCN2)N1. The number of aliphatic carboxylic acids is 1. The molecule has 0 spiro atoms. The molecule has 2 rings (SSSR count). The summed E-state index contributed by atoms with van der Waals surface area (Å²) in [5.41, 5.74) is 0. The van der Waals surface area contributed by atoms with Crippen LogP contribution in [-0.2, 0) is 9.59 Å². The van der Waals surface area contributed by atoms with Gasteiger partial charge >= 0.3 is 18.2 Å². The summed E-state index contributed by atoms with van der Waals surface area (Å²) < 4.78 is 31.7. The fourth-order valence-electron chi connectivity index (χ4n) is 1.71. The summed E-state index contributed by atoms with van der Waals surface area (Å²) in [5, 5.41) is 15.1. The molecule has 108 valence electrons. The fraction of sp³-hybridized carbons (Fsp3) is 0.667. The lowest BCUT2D eigenvalue weighted by molar-refractivity contribution is -0.192. The Balaban J connectivity index is 0.000000224. The summed E-state index contributed by atoms with van der Waals surface area (Å²) in [5.74, 6) is -2.97. The minimum Gasteiger partial charge on any atom is -0.475 e. The molecule has 2 atom stereocenters. The number of amides is 3. The Kier molecular flexibility index (Phi) is 4.70. The monoisotopic (exact) mass is 283 g/mol. The lowest BCUT2D eigenvalue weighted by atomic mass is 10.1. The first-order valence-corrected chi connectivity index (χ1v) is 5.36. The van der Waals surface area contributed by atoms with Gasteiger partial charge in [0.2, 0.25) is 0 Å². The van der Waals surface area contributed by atoms with E-state index in [1.54, 1.807) is 0 Å². The third kappa shape index (κ3) is 4.39. The summed E-state index contributed by atoms with van der Waals surface area (Å²) in [6.07, 6.45) is -3.05. The van der Waals surface area contributed by atoms with Crippen LogP contribution in [-0.4, -0.2) is 47.8 Å². The highest BCUT2D eigenvalue weighted by molar-refractivity contribution is 6.04. The van der Waals surface area contributed by atoms with E-state index < -0.39 is 12.1 Å². The van der Waals surface area contributed by atoms with Crippen LogP contribution in [0.25, 0.3) is 0 Å². The Hall–Kier alpha value is -1.84. The van der Waals surface area contributed by atoms with Crippen LogP contribution >= 0.6 is 0 Å². The van der Waals surface area contributed by atoms with Gasteiger partial charge in [0, 0.05) is 6.04 Å². The van der Waals surface area contributed by atoms with Gasteiger partial charge in [0.1, 0.15) is 6.04 Å². The van der Waals surface area contributed by atoms with Gasteiger partial charge in [-0.25, -0.2) is 9.59 Å². The molecule has 2 aliphatic heterocycles. The van der Waals surface area contributed by atoms with Gasteiger partial charge in [-0.15, -0.1) is 0 Å². The first kappa shape index (κ1) is 15.2. The van der Waals surface area contributed by atoms with Crippen LogP contribution in [0, 0.1) is 0 Å². The highest BCUT2D eigenvalue weighted by atomic mass is 19.4. The fourth-order valence-corrected chi connectivity index (χ4v) is 1.71. The highest BCUT2D eigenvalue weighted by Crippen LogP contribution is 2.13. The number of carboxylic acid groups (broad SMARTS) is 1. The van der Waals surface area contributed by atoms with E-state index in [2.05, 4.69) is 16.0 Å². The van der Waals surface area contributed by atoms with Gasteiger partial charge in [0.05, 0.1) is 0 Å². The molecule has 19 heavy (non-hydrogen) atoms. The average molecular weight is 283 g/mol. The first-order valence-electron chi connectivity index (χ1n) is 5.36. The Morgan fingerprint density at radius 3 is 2.21 bits per heavy atom. The van der Waals surface area contributed by atoms with Crippen molar-refractivity contribution in [2.75, 3.05) is 6.54 Å². The highest BCUT2D eigenvalue weighted by Gasteiger charge is 2.38. The largest absolute Gasteiger partial charge is 0.490 e. The topological polar surface area (TPSA) is 108 Å². The minimum atomic E-state index is -5.08. The summed E-state index contributed by atoms with van der Waals surface area (Å²) in [4.78, 5) is 30.8.